The number of allylic oxidation sites excluding steroid dienone is 2. The van der Waals surface area contributed by atoms with Gasteiger partial charge in [-0.25, -0.2) is 0 Å². The van der Waals surface area contributed by atoms with Gasteiger partial charge in [0.15, 0.2) is 0 Å². The van der Waals surface area contributed by atoms with Crippen LogP contribution in [-0.2, 0) is 0 Å². The largest absolute Gasteiger partial charge is 0.390 e. The fraction of sp³-hybridized carbons (Fsp3) is 0.929. The molecule has 2 nitrogen and oxygen atoms in total. The maximum absolute atomic E-state index is 11.1. The van der Waals surface area contributed by atoms with Crippen molar-refractivity contribution < 1.29 is 10.2 Å². The molecule has 2 N–H and O–H groups in total. The van der Waals surface area contributed by atoms with Gasteiger partial charge in [0, 0.05) is 5.41 Å². The molecule has 11 atom stereocenters. The summed E-state index contributed by atoms with van der Waals surface area (Å²) in [7, 11) is 0. The molecular formula is C28H48O2. The van der Waals surface area contributed by atoms with E-state index in [9.17, 15) is 10.2 Å². The Labute approximate surface area is 185 Å². The molecule has 0 bridgehead atoms. The van der Waals surface area contributed by atoms with Crippen LogP contribution < -0.4 is 0 Å². The van der Waals surface area contributed by atoms with Gasteiger partial charge in [0.1, 0.15) is 0 Å². The summed E-state index contributed by atoms with van der Waals surface area (Å²) in [6.45, 7) is 14.4. The van der Waals surface area contributed by atoms with Crippen molar-refractivity contribution in [3.8, 4) is 0 Å². The lowest BCUT2D eigenvalue weighted by atomic mass is 9.43. The fourth-order valence-corrected chi connectivity index (χ4v) is 8.94. The zero-order valence-corrected chi connectivity index (χ0v) is 20.5. The first-order chi connectivity index (χ1) is 14.1. The summed E-state index contributed by atoms with van der Waals surface area (Å²) < 4.78 is 0. The third kappa shape index (κ3) is 3.43. The van der Waals surface area contributed by atoms with Gasteiger partial charge in [-0.2, -0.15) is 0 Å². The van der Waals surface area contributed by atoms with E-state index in [-0.39, 0.29) is 5.41 Å². The van der Waals surface area contributed by atoms with Crippen LogP contribution in [0.5, 0.6) is 0 Å². The monoisotopic (exact) mass is 416 g/mol. The molecule has 0 amide bonds. The minimum absolute atomic E-state index is 0.0712. The summed E-state index contributed by atoms with van der Waals surface area (Å²) >= 11 is 0. The molecular weight excluding hydrogens is 368 g/mol. The highest BCUT2D eigenvalue weighted by Gasteiger charge is 2.62. The lowest BCUT2D eigenvalue weighted by Crippen LogP contribution is -2.60. The summed E-state index contributed by atoms with van der Waals surface area (Å²) in [6, 6.07) is 0. The zero-order valence-electron chi connectivity index (χ0n) is 20.5. The number of rotatable bonds is 4. The molecule has 4 aliphatic rings. The van der Waals surface area contributed by atoms with Crippen molar-refractivity contribution >= 4 is 0 Å². The van der Waals surface area contributed by atoms with Crippen LogP contribution in [0.1, 0.15) is 92.9 Å². The molecule has 0 aromatic carbocycles. The second-order valence-electron chi connectivity index (χ2n) is 12.7. The Bertz CT molecular complexity index is 637. The van der Waals surface area contributed by atoms with E-state index in [1.54, 1.807) is 0 Å². The Morgan fingerprint density at radius 2 is 1.50 bits per heavy atom. The SMILES string of the molecule is CC(C)[C@@H](C)/C=C/[C@@H](C)[C@H]1CC[C@H]2[C@@H]3CCC4CC[C@@H](O)[C@H](O)[C@]4(C)[C@H]3CC[C@]12C. The normalized spacial score (nSPS) is 50.8. The van der Waals surface area contributed by atoms with E-state index in [2.05, 4.69) is 53.7 Å². The summed E-state index contributed by atoms with van der Waals surface area (Å²) in [6.07, 6.45) is 13.8. The molecule has 4 saturated carbocycles. The van der Waals surface area contributed by atoms with Gasteiger partial charge in [-0.05, 0) is 104 Å². The Balaban J connectivity index is 1.54. The standard InChI is InChI=1S/C28H48O2/c1-17(2)18(3)7-8-19(4)22-12-13-23-21-11-9-20-10-14-25(29)26(30)28(20,6)24(21)15-16-27(22,23)5/h7-8,17-26,29-30H,9-16H2,1-6H3/b8-7+/t18-,19+,20?,21-,22+,23-,24-,25+,26-,27+,28-/m0/s1. The van der Waals surface area contributed by atoms with Crippen molar-refractivity contribution in [3.05, 3.63) is 12.2 Å². The highest BCUT2D eigenvalue weighted by atomic mass is 16.3. The fourth-order valence-electron chi connectivity index (χ4n) is 8.94. The molecule has 30 heavy (non-hydrogen) atoms. The quantitative estimate of drug-likeness (QED) is 0.516. The predicted molar refractivity (Wildman–Crippen MR) is 125 cm³/mol. The van der Waals surface area contributed by atoms with Crippen LogP contribution in [0.4, 0.5) is 0 Å². The van der Waals surface area contributed by atoms with Crippen molar-refractivity contribution in [1.29, 1.82) is 0 Å². The van der Waals surface area contributed by atoms with Crippen LogP contribution in [0.2, 0.25) is 0 Å². The maximum Gasteiger partial charge on any atom is 0.0857 e. The van der Waals surface area contributed by atoms with Gasteiger partial charge in [-0.1, -0.05) is 53.7 Å². The summed E-state index contributed by atoms with van der Waals surface area (Å²) in [5, 5.41) is 21.6. The molecule has 0 heterocycles. The Morgan fingerprint density at radius 3 is 2.20 bits per heavy atom. The van der Waals surface area contributed by atoms with Crippen LogP contribution in [-0.4, -0.2) is 22.4 Å². The van der Waals surface area contributed by atoms with E-state index in [1.165, 1.54) is 38.5 Å². The van der Waals surface area contributed by atoms with Crippen LogP contribution in [0.15, 0.2) is 12.2 Å². The Hall–Kier alpha value is -0.340. The first-order valence-corrected chi connectivity index (χ1v) is 13.1. The lowest BCUT2D eigenvalue weighted by Gasteiger charge is -2.62. The highest BCUT2D eigenvalue weighted by Crippen LogP contribution is 2.68. The van der Waals surface area contributed by atoms with Crippen molar-refractivity contribution in [2.24, 2.45) is 58.2 Å². The molecule has 0 aromatic rings. The second-order valence-corrected chi connectivity index (χ2v) is 12.7. The van der Waals surface area contributed by atoms with Gasteiger partial charge in [-0.15, -0.1) is 0 Å². The van der Waals surface area contributed by atoms with Crippen molar-refractivity contribution in [3.63, 3.8) is 0 Å². The minimum atomic E-state index is -0.523. The summed E-state index contributed by atoms with van der Waals surface area (Å²) in [4.78, 5) is 0. The van der Waals surface area contributed by atoms with Crippen LogP contribution in [0.25, 0.3) is 0 Å². The lowest BCUT2D eigenvalue weighted by molar-refractivity contribution is -0.195. The Kier molecular flexibility index (Phi) is 6.26. The van der Waals surface area contributed by atoms with Gasteiger partial charge >= 0.3 is 0 Å². The van der Waals surface area contributed by atoms with Gasteiger partial charge in [-0.3, -0.25) is 0 Å². The second kappa shape index (κ2) is 8.22. The summed E-state index contributed by atoms with van der Waals surface area (Å²) in [5.41, 5.74) is 0.381. The predicted octanol–water partition coefficient (Wildman–Crippen LogP) is 6.46. The van der Waals surface area contributed by atoms with Gasteiger partial charge in [0.25, 0.3) is 0 Å². The average Bonchev–Trinajstić information content (AvgIpc) is 3.06. The number of fused-ring (bicyclic) bond motifs is 5. The van der Waals surface area contributed by atoms with E-state index in [1.807, 2.05) is 0 Å². The average molecular weight is 417 g/mol. The van der Waals surface area contributed by atoms with Crippen LogP contribution in [0.3, 0.4) is 0 Å². The third-order valence-corrected chi connectivity index (χ3v) is 11.3. The first kappa shape index (κ1) is 22.8. The van der Waals surface area contributed by atoms with E-state index >= 15 is 0 Å². The molecule has 4 fully saturated rings. The van der Waals surface area contributed by atoms with E-state index in [0.29, 0.717) is 35.0 Å². The molecule has 4 rings (SSSR count). The zero-order chi connectivity index (χ0) is 21.8. The molecule has 0 radical (unpaired) electrons. The van der Waals surface area contributed by atoms with E-state index < -0.39 is 12.2 Å². The van der Waals surface area contributed by atoms with Crippen molar-refractivity contribution in [1.82, 2.24) is 0 Å². The van der Waals surface area contributed by atoms with Gasteiger partial charge in [0.05, 0.1) is 12.2 Å². The van der Waals surface area contributed by atoms with Crippen molar-refractivity contribution in [2.75, 3.05) is 0 Å². The molecule has 2 heteroatoms. The smallest absolute Gasteiger partial charge is 0.0857 e. The number of aliphatic hydroxyl groups excluding tert-OH is 2. The Morgan fingerprint density at radius 1 is 0.800 bits per heavy atom. The molecule has 1 unspecified atom stereocenters. The van der Waals surface area contributed by atoms with Gasteiger partial charge < -0.3 is 10.2 Å². The van der Waals surface area contributed by atoms with Crippen molar-refractivity contribution in [2.45, 2.75) is 105 Å². The molecule has 0 saturated heterocycles. The van der Waals surface area contributed by atoms with Crippen LogP contribution in [0, 0.1) is 58.2 Å². The highest BCUT2D eigenvalue weighted by molar-refractivity contribution is 5.13. The maximum atomic E-state index is 11.1. The summed E-state index contributed by atoms with van der Waals surface area (Å²) in [5.74, 6) is 5.59. The van der Waals surface area contributed by atoms with E-state index in [0.717, 1.165) is 30.6 Å². The molecule has 172 valence electrons. The van der Waals surface area contributed by atoms with Crippen LogP contribution >= 0.6 is 0 Å². The molecule has 0 aromatic heterocycles. The number of aliphatic hydroxyl groups is 2. The minimum Gasteiger partial charge on any atom is -0.390 e. The molecule has 0 spiro atoms. The number of hydrogen-bond donors (Lipinski definition) is 2. The van der Waals surface area contributed by atoms with Gasteiger partial charge in [0.2, 0.25) is 0 Å². The molecule has 4 aliphatic carbocycles. The topological polar surface area (TPSA) is 40.5 Å². The van der Waals surface area contributed by atoms with E-state index in [4.69, 9.17) is 0 Å². The number of hydrogen-bond acceptors (Lipinski definition) is 2. The first-order valence-electron chi connectivity index (χ1n) is 13.1. The molecule has 0 aliphatic heterocycles. The third-order valence-electron chi connectivity index (χ3n) is 11.3.